The number of hydrogen-bond acceptors (Lipinski definition) is 3. The molecule has 0 unspecified atom stereocenters. The predicted octanol–water partition coefficient (Wildman–Crippen LogP) is 2.71. The van der Waals surface area contributed by atoms with E-state index in [1.807, 2.05) is 6.92 Å². The highest BCUT2D eigenvalue weighted by Gasteiger charge is 2.16. The molecule has 0 amide bonds. The average Bonchev–Trinajstić information content (AvgIpc) is 2.70. The molecule has 1 fully saturated rings. The smallest absolute Gasteiger partial charge is 0.371 e. The van der Waals surface area contributed by atoms with Gasteiger partial charge < -0.3 is 14.8 Å². The van der Waals surface area contributed by atoms with E-state index in [1.54, 1.807) is 6.07 Å². The van der Waals surface area contributed by atoms with Crippen molar-refractivity contribution in [2.45, 2.75) is 51.6 Å². The van der Waals surface area contributed by atoms with Crippen LogP contribution in [0.5, 0.6) is 0 Å². The third-order valence-corrected chi connectivity index (χ3v) is 3.42. The molecular weight excluding hydrogens is 218 g/mol. The Morgan fingerprint density at radius 1 is 1.47 bits per heavy atom. The van der Waals surface area contributed by atoms with Crippen LogP contribution < -0.4 is 5.32 Å². The van der Waals surface area contributed by atoms with Crippen molar-refractivity contribution in [3.05, 3.63) is 23.2 Å². The van der Waals surface area contributed by atoms with Crippen LogP contribution in [0.3, 0.4) is 0 Å². The molecule has 4 heteroatoms. The van der Waals surface area contributed by atoms with Crippen LogP contribution in [0.2, 0.25) is 0 Å². The lowest BCUT2D eigenvalue weighted by Gasteiger charge is -2.22. The molecule has 0 bridgehead atoms. The fourth-order valence-electron chi connectivity index (χ4n) is 2.36. The second-order valence-corrected chi connectivity index (χ2v) is 4.71. The van der Waals surface area contributed by atoms with E-state index in [1.165, 1.54) is 32.1 Å². The van der Waals surface area contributed by atoms with Crippen LogP contribution >= 0.6 is 0 Å². The van der Waals surface area contributed by atoms with E-state index in [0.29, 0.717) is 18.3 Å². The van der Waals surface area contributed by atoms with Crippen molar-refractivity contribution in [2.75, 3.05) is 0 Å². The summed E-state index contributed by atoms with van der Waals surface area (Å²) in [5, 5.41) is 12.3. The van der Waals surface area contributed by atoms with Crippen molar-refractivity contribution in [3.8, 4) is 0 Å². The van der Waals surface area contributed by atoms with Crippen molar-refractivity contribution in [1.29, 1.82) is 0 Å². The van der Waals surface area contributed by atoms with E-state index in [-0.39, 0.29) is 5.76 Å². The number of nitrogens with one attached hydrogen (secondary N) is 1. The minimum absolute atomic E-state index is 0.0305. The topological polar surface area (TPSA) is 62.5 Å². The Kier molecular flexibility index (Phi) is 3.84. The zero-order valence-corrected chi connectivity index (χ0v) is 10.2. The molecule has 0 aromatic carbocycles. The number of carbonyl (C=O) groups is 1. The lowest BCUT2D eigenvalue weighted by molar-refractivity contribution is 0.0661. The predicted molar refractivity (Wildman–Crippen MR) is 64.1 cm³/mol. The second kappa shape index (κ2) is 5.36. The molecule has 4 nitrogen and oxygen atoms in total. The first-order chi connectivity index (χ1) is 8.16. The van der Waals surface area contributed by atoms with Gasteiger partial charge in [-0.3, -0.25) is 0 Å². The molecule has 0 spiro atoms. The molecule has 2 rings (SSSR count). The summed E-state index contributed by atoms with van der Waals surface area (Å²) in [6.07, 6.45) is 6.38. The number of carboxylic acid groups (broad SMARTS) is 1. The van der Waals surface area contributed by atoms with Crippen LogP contribution in [0, 0.1) is 6.92 Å². The molecule has 0 saturated heterocycles. The Bertz CT molecular complexity index is 391. The molecule has 1 aliphatic rings. The highest BCUT2D eigenvalue weighted by molar-refractivity contribution is 5.84. The fraction of sp³-hybridized carbons (Fsp3) is 0.615. The molecule has 0 aliphatic heterocycles. The third kappa shape index (κ3) is 3.09. The van der Waals surface area contributed by atoms with Crippen molar-refractivity contribution in [2.24, 2.45) is 0 Å². The summed E-state index contributed by atoms with van der Waals surface area (Å²) >= 11 is 0. The Labute approximate surface area is 101 Å². The van der Waals surface area contributed by atoms with Crippen molar-refractivity contribution < 1.29 is 14.3 Å². The number of hydrogen-bond donors (Lipinski definition) is 2. The molecule has 17 heavy (non-hydrogen) atoms. The van der Waals surface area contributed by atoms with E-state index in [9.17, 15) is 4.79 Å². The lowest BCUT2D eigenvalue weighted by atomic mass is 9.95. The number of carboxylic acids is 1. The van der Waals surface area contributed by atoms with Crippen LogP contribution in [0.15, 0.2) is 10.5 Å². The van der Waals surface area contributed by atoms with Gasteiger partial charge in [-0.1, -0.05) is 19.3 Å². The van der Waals surface area contributed by atoms with Crippen molar-refractivity contribution >= 4 is 5.97 Å². The van der Waals surface area contributed by atoms with Gasteiger partial charge in [0.25, 0.3) is 0 Å². The number of furan rings is 1. The van der Waals surface area contributed by atoms with Gasteiger partial charge in [0.1, 0.15) is 5.76 Å². The molecule has 2 N–H and O–H groups in total. The van der Waals surface area contributed by atoms with E-state index in [2.05, 4.69) is 5.32 Å². The van der Waals surface area contributed by atoms with Gasteiger partial charge in [-0.15, -0.1) is 0 Å². The number of aromatic carboxylic acids is 1. The minimum atomic E-state index is -1.00. The normalized spacial score (nSPS) is 17.2. The molecule has 1 aromatic rings. The van der Waals surface area contributed by atoms with Gasteiger partial charge in [-0.2, -0.15) is 0 Å². The summed E-state index contributed by atoms with van der Waals surface area (Å²) < 4.78 is 5.18. The Morgan fingerprint density at radius 2 is 2.18 bits per heavy atom. The summed E-state index contributed by atoms with van der Waals surface area (Å²) in [6.45, 7) is 2.51. The molecule has 0 atom stereocenters. The van der Waals surface area contributed by atoms with E-state index in [4.69, 9.17) is 9.52 Å². The summed E-state index contributed by atoms with van der Waals surface area (Å²) in [4.78, 5) is 10.8. The highest BCUT2D eigenvalue weighted by Crippen LogP contribution is 2.19. The quantitative estimate of drug-likeness (QED) is 0.845. The van der Waals surface area contributed by atoms with Crippen LogP contribution in [-0.2, 0) is 6.54 Å². The van der Waals surface area contributed by atoms with E-state index < -0.39 is 5.97 Å². The number of aryl methyl sites for hydroxylation is 1. The second-order valence-electron chi connectivity index (χ2n) is 4.71. The summed E-state index contributed by atoms with van der Waals surface area (Å²) in [7, 11) is 0. The van der Waals surface area contributed by atoms with E-state index >= 15 is 0 Å². The Morgan fingerprint density at radius 3 is 2.76 bits per heavy atom. The zero-order chi connectivity index (χ0) is 12.3. The molecule has 94 valence electrons. The van der Waals surface area contributed by atoms with Gasteiger partial charge in [0.2, 0.25) is 5.76 Å². The minimum Gasteiger partial charge on any atom is -0.475 e. The SMILES string of the molecule is Cc1oc(C(=O)O)cc1CNC1CCCCC1. The van der Waals surface area contributed by atoms with Crippen LogP contribution in [0.1, 0.15) is 54.0 Å². The molecule has 1 saturated carbocycles. The largest absolute Gasteiger partial charge is 0.475 e. The van der Waals surface area contributed by atoms with Crippen molar-refractivity contribution in [1.82, 2.24) is 5.32 Å². The maximum Gasteiger partial charge on any atom is 0.371 e. The highest BCUT2D eigenvalue weighted by atomic mass is 16.4. The lowest BCUT2D eigenvalue weighted by Crippen LogP contribution is -2.30. The van der Waals surface area contributed by atoms with Gasteiger partial charge in [-0.05, 0) is 25.8 Å². The number of rotatable bonds is 4. The van der Waals surface area contributed by atoms with Gasteiger partial charge in [0.05, 0.1) is 0 Å². The van der Waals surface area contributed by atoms with E-state index in [0.717, 1.165) is 5.56 Å². The van der Waals surface area contributed by atoms with Crippen molar-refractivity contribution in [3.63, 3.8) is 0 Å². The monoisotopic (exact) mass is 237 g/mol. The zero-order valence-electron chi connectivity index (χ0n) is 10.2. The van der Waals surface area contributed by atoms with Crippen LogP contribution in [0.25, 0.3) is 0 Å². The van der Waals surface area contributed by atoms with Crippen LogP contribution in [0.4, 0.5) is 0 Å². The standard InChI is InChI=1S/C13H19NO3/c1-9-10(7-12(17-9)13(15)16)8-14-11-5-3-2-4-6-11/h7,11,14H,2-6,8H2,1H3,(H,15,16). The Balaban J connectivity index is 1.91. The fourth-order valence-corrected chi connectivity index (χ4v) is 2.36. The summed E-state index contributed by atoms with van der Waals surface area (Å²) in [5.41, 5.74) is 0.952. The summed E-state index contributed by atoms with van der Waals surface area (Å²) in [6, 6.07) is 2.19. The van der Waals surface area contributed by atoms with Gasteiger partial charge in [0, 0.05) is 18.2 Å². The Hall–Kier alpha value is -1.29. The maximum absolute atomic E-state index is 10.8. The molecule has 1 aliphatic carbocycles. The molecule has 0 radical (unpaired) electrons. The first-order valence-corrected chi connectivity index (χ1v) is 6.23. The first kappa shape index (κ1) is 12.2. The average molecular weight is 237 g/mol. The maximum atomic E-state index is 10.8. The van der Waals surface area contributed by atoms with Gasteiger partial charge in [-0.25, -0.2) is 4.79 Å². The third-order valence-electron chi connectivity index (χ3n) is 3.42. The molecule has 1 heterocycles. The van der Waals surface area contributed by atoms with Gasteiger partial charge >= 0.3 is 5.97 Å². The van der Waals surface area contributed by atoms with Gasteiger partial charge in [0.15, 0.2) is 0 Å². The summed E-state index contributed by atoms with van der Waals surface area (Å²) in [5.74, 6) is -0.273. The van der Waals surface area contributed by atoms with Crippen LogP contribution in [-0.4, -0.2) is 17.1 Å². The molecule has 1 aromatic heterocycles. The molecular formula is C13H19NO3. The first-order valence-electron chi connectivity index (χ1n) is 6.23.